The van der Waals surface area contributed by atoms with Crippen LogP contribution in [0.1, 0.15) is 46.5 Å². The third-order valence-electron chi connectivity index (χ3n) is 4.41. The lowest BCUT2D eigenvalue weighted by Gasteiger charge is -2.48. The van der Waals surface area contributed by atoms with Crippen molar-refractivity contribution in [1.29, 1.82) is 0 Å². The van der Waals surface area contributed by atoms with Gasteiger partial charge in [0, 0.05) is 5.41 Å². The molecule has 0 N–H and O–H groups in total. The van der Waals surface area contributed by atoms with Crippen LogP contribution >= 0.6 is 0 Å². The molecule has 2 aliphatic rings. The first kappa shape index (κ1) is 10.7. The maximum Gasteiger partial charge on any atom is 0.162 e. The van der Waals surface area contributed by atoms with Gasteiger partial charge in [0.25, 0.3) is 0 Å². The second-order valence-corrected chi connectivity index (χ2v) is 5.69. The molecule has 0 aromatic carbocycles. The number of carbonyl (C=O) groups excluding carboxylic acids is 1. The van der Waals surface area contributed by atoms with Crippen LogP contribution in [0.5, 0.6) is 0 Å². The number of hydrogen-bond donors (Lipinski definition) is 0. The molecule has 0 amide bonds. The average Bonchev–Trinajstić information content (AvgIpc) is 2.16. The van der Waals surface area contributed by atoms with Gasteiger partial charge in [0.1, 0.15) is 0 Å². The summed E-state index contributed by atoms with van der Waals surface area (Å²) in [5.74, 6) is 0.350. The van der Waals surface area contributed by atoms with Crippen LogP contribution < -0.4 is 0 Å². The number of carbonyl (C=O) groups is 1. The van der Waals surface area contributed by atoms with Crippen LogP contribution in [-0.4, -0.2) is 5.78 Å². The van der Waals surface area contributed by atoms with Crippen molar-refractivity contribution in [2.24, 2.45) is 10.8 Å². The molecule has 0 aromatic rings. The van der Waals surface area contributed by atoms with Gasteiger partial charge in [-0.1, -0.05) is 31.6 Å². The van der Waals surface area contributed by atoms with Crippen LogP contribution in [0, 0.1) is 10.8 Å². The molecular weight excluding hydrogens is 184 g/mol. The van der Waals surface area contributed by atoms with E-state index in [0.29, 0.717) is 5.78 Å². The van der Waals surface area contributed by atoms with Gasteiger partial charge < -0.3 is 0 Å². The van der Waals surface area contributed by atoms with Gasteiger partial charge in [-0.2, -0.15) is 0 Å². The Labute approximate surface area is 92.3 Å². The highest BCUT2D eigenvalue weighted by Gasteiger charge is 2.50. The van der Waals surface area contributed by atoms with Gasteiger partial charge in [-0.15, -0.1) is 0 Å². The van der Waals surface area contributed by atoms with E-state index in [4.69, 9.17) is 0 Å². The van der Waals surface area contributed by atoms with Crippen LogP contribution in [0.4, 0.5) is 0 Å². The van der Waals surface area contributed by atoms with Gasteiger partial charge in [-0.3, -0.25) is 4.79 Å². The normalized spacial score (nSPS) is 34.3. The molecule has 0 saturated heterocycles. The minimum absolute atomic E-state index is 0.110. The molecule has 15 heavy (non-hydrogen) atoms. The Kier molecular flexibility index (Phi) is 2.37. The van der Waals surface area contributed by atoms with E-state index in [1.54, 1.807) is 6.08 Å². The molecule has 0 radical (unpaired) electrons. The summed E-state index contributed by atoms with van der Waals surface area (Å²) in [5.41, 5.74) is 1.45. The molecule has 0 bridgehead atoms. The number of hydrogen-bond acceptors (Lipinski definition) is 1. The molecule has 0 saturated carbocycles. The lowest BCUT2D eigenvalue weighted by atomic mass is 9.54. The highest BCUT2D eigenvalue weighted by atomic mass is 16.1. The van der Waals surface area contributed by atoms with Gasteiger partial charge in [-0.25, -0.2) is 0 Å². The summed E-state index contributed by atoms with van der Waals surface area (Å²) in [6, 6.07) is 0. The van der Waals surface area contributed by atoms with E-state index >= 15 is 0 Å². The van der Waals surface area contributed by atoms with Crippen LogP contribution in [0.25, 0.3) is 0 Å². The van der Waals surface area contributed by atoms with Crippen LogP contribution in [0.2, 0.25) is 0 Å². The number of ketones is 1. The third kappa shape index (κ3) is 1.49. The van der Waals surface area contributed by atoms with Gasteiger partial charge in [-0.05, 0) is 44.1 Å². The Morgan fingerprint density at radius 2 is 2.00 bits per heavy atom. The summed E-state index contributed by atoms with van der Waals surface area (Å²) in [6.45, 7) is 6.65. The molecule has 0 fully saturated rings. The Hall–Kier alpha value is -0.850. The van der Waals surface area contributed by atoms with Crippen molar-refractivity contribution in [1.82, 2.24) is 0 Å². The molecule has 1 spiro atoms. The van der Waals surface area contributed by atoms with E-state index < -0.39 is 0 Å². The van der Waals surface area contributed by atoms with Crippen LogP contribution in [-0.2, 0) is 4.79 Å². The second-order valence-electron chi connectivity index (χ2n) is 5.69. The lowest BCUT2D eigenvalue weighted by molar-refractivity contribution is -0.132. The Balaban J connectivity index is 2.40. The minimum Gasteiger partial charge on any atom is -0.294 e. The predicted octanol–water partition coefficient (Wildman–Crippen LogP) is 3.66. The summed E-state index contributed by atoms with van der Waals surface area (Å²) in [5, 5.41) is 0. The summed E-state index contributed by atoms with van der Waals surface area (Å²) < 4.78 is 0. The SMILES string of the molecule is CC1=CCC2(CC1)C(=O)C=CCC2(C)C. The molecule has 0 heterocycles. The minimum atomic E-state index is -0.110. The van der Waals surface area contributed by atoms with Crippen molar-refractivity contribution in [2.45, 2.75) is 46.5 Å². The van der Waals surface area contributed by atoms with Crippen LogP contribution in [0.15, 0.2) is 23.8 Å². The molecule has 1 unspecified atom stereocenters. The van der Waals surface area contributed by atoms with Crippen molar-refractivity contribution in [3.05, 3.63) is 23.8 Å². The molecular formula is C14H20O. The average molecular weight is 204 g/mol. The summed E-state index contributed by atoms with van der Waals surface area (Å²) in [6.07, 6.45) is 10.2. The summed E-state index contributed by atoms with van der Waals surface area (Å²) >= 11 is 0. The van der Waals surface area contributed by atoms with Crippen molar-refractivity contribution < 1.29 is 4.79 Å². The zero-order valence-corrected chi connectivity index (χ0v) is 9.97. The Morgan fingerprint density at radius 3 is 2.53 bits per heavy atom. The van der Waals surface area contributed by atoms with Gasteiger partial charge in [0.05, 0.1) is 0 Å². The summed E-state index contributed by atoms with van der Waals surface area (Å²) in [7, 11) is 0. The fourth-order valence-corrected chi connectivity index (χ4v) is 2.95. The first-order valence-electron chi connectivity index (χ1n) is 5.85. The smallest absolute Gasteiger partial charge is 0.162 e. The molecule has 1 atom stereocenters. The maximum atomic E-state index is 12.2. The third-order valence-corrected chi connectivity index (χ3v) is 4.41. The van der Waals surface area contributed by atoms with E-state index in [1.165, 1.54) is 5.57 Å². The Bertz CT molecular complexity index is 346. The topological polar surface area (TPSA) is 17.1 Å². The fraction of sp³-hybridized carbons (Fsp3) is 0.643. The fourth-order valence-electron chi connectivity index (χ4n) is 2.95. The zero-order valence-electron chi connectivity index (χ0n) is 9.97. The van der Waals surface area contributed by atoms with Gasteiger partial charge in [0.2, 0.25) is 0 Å². The highest BCUT2D eigenvalue weighted by Crippen LogP contribution is 2.53. The number of allylic oxidation sites excluding steroid dienone is 4. The quantitative estimate of drug-likeness (QED) is 0.550. The van der Waals surface area contributed by atoms with Crippen molar-refractivity contribution in [2.75, 3.05) is 0 Å². The standard InChI is InChI=1S/C14H20O/c1-11-6-9-14(10-7-11)12(15)5-4-8-13(14,2)3/h4-6H,7-10H2,1-3H3. The largest absolute Gasteiger partial charge is 0.294 e. The lowest BCUT2D eigenvalue weighted by Crippen LogP contribution is -2.46. The van der Waals surface area contributed by atoms with E-state index in [0.717, 1.165) is 25.7 Å². The molecule has 1 heteroatoms. The predicted molar refractivity (Wildman–Crippen MR) is 62.6 cm³/mol. The number of rotatable bonds is 0. The molecule has 2 rings (SSSR count). The van der Waals surface area contributed by atoms with Crippen molar-refractivity contribution >= 4 is 5.78 Å². The van der Waals surface area contributed by atoms with E-state index in [9.17, 15) is 4.79 Å². The molecule has 82 valence electrons. The summed E-state index contributed by atoms with van der Waals surface area (Å²) in [4.78, 5) is 12.2. The first-order chi connectivity index (χ1) is 6.98. The molecule has 0 aromatic heterocycles. The monoisotopic (exact) mass is 204 g/mol. The van der Waals surface area contributed by atoms with E-state index in [-0.39, 0.29) is 10.8 Å². The van der Waals surface area contributed by atoms with Crippen molar-refractivity contribution in [3.8, 4) is 0 Å². The van der Waals surface area contributed by atoms with E-state index in [1.807, 2.05) is 6.08 Å². The van der Waals surface area contributed by atoms with Crippen molar-refractivity contribution in [3.63, 3.8) is 0 Å². The highest BCUT2D eigenvalue weighted by molar-refractivity contribution is 5.96. The Morgan fingerprint density at radius 1 is 1.27 bits per heavy atom. The van der Waals surface area contributed by atoms with Crippen LogP contribution in [0.3, 0.4) is 0 Å². The molecule has 2 aliphatic carbocycles. The molecule has 1 nitrogen and oxygen atoms in total. The molecule has 0 aliphatic heterocycles. The van der Waals surface area contributed by atoms with Gasteiger partial charge in [0.15, 0.2) is 5.78 Å². The first-order valence-corrected chi connectivity index (χ1v) is 5.85. The second kappa shape index (κ2) is 3.33. The maximum absolute atomic E-state index is 12.2. The van der Waals surface area contributed by atoms with Gasteiger partial charge >= 0.3 is 0 Å². The zero-order chi connectivity index (χ0) is 11.1. The van der Waals surface area contributed by atoms with E-state index in [2.05, 4.69) is 26.8 Å².